The summed E-state index contributed by atoms with van der Waals surface area (Å²) in [6, 6.07) is 0. The minimum atomic E-state index is 0.451. The summed E-state index contributed by atoms with van der Waals surface area (Å²) in [4.78, 5) is 1.40. The van der Waals surface area contributed by atoms with Crippen molar-refractivity contribution in [3.05, 3.63) is 0 Å². The molecule has 0 spiro atoms. The molecule has 0 aliphatic rings. The lowest BCUT2D eigenvalue weighted by Gasteiger charge is -2.03. The highest BCUT2D eigenvalue weighted by Gasteiger charge is 1.97. The molecule has 0 heterocycles. The van der Waals surface area contributed by atoms with Crippen molar-refractivity contribution in [2.45, 2.75) is 24.4 Å². The van der Waals surface area contributed by atoms with Gasteiger partial charge in [0.2, 0.25) is 0 Å². The monoisotopic (exact) mass is 148 g/mol. The predicted molar refractivity (Wildman–Crippen MR) is 47.0 cm³/mol. The fraction of sp³-hybridized carbons (Fsp3) is 1.00. The molecule has 0 bridgehead atoms. The van der Waals surface area contributed by atoms with E-state index >= 15 is 0 Å². The van der Waals surface area contributed by atoms with Crippen molar-refractivity contribution in [3.8, 4) is 0 Å². The van der Waals surface area contributed by atoms with Crippen LogP contribution in [0.1, 0.15) is 0 Å². The van der Waals surface area contributed by atoms with Crippen LogP contribution in [0.4, 0.5) is 0 Å². The van der Waals surface area contributed by atoms with E-state index in [2.05, 4.69) is 19.6 Å². The van der Waals surface area contributed by atoms with Crippen LogP contribution in [0.25, 0.3) is 0 Å². The SMILES string of the molecule is C[SiH2]C([SiH2]C)[SiH2]C. The fourth-order valence-electron chi connectivity index (χ4n) is 0.866. The van der Waals surface area contributed by atoms with Gasteiger partial charge in [0.25, 0.3) is 0 Å². The smallest absolute Gasteiger partial charge is 0.0134 e. The molecule has 44 valence electrons. The van der Waals surface area contributed by atoms with Crippen molar-refractivity contribution in [1.29, 1.82) is 0 Å². The first-order valence-electron chi connectivity index (χ1n) is 3.35. The van der Waals surface area contributed by atoms with Gasteiger partial charge in [0.15, 0.2) is 0 Å². The second kappa shape index (κ2) is 4.80. The normalized spacial score (nSPS) is 19.3. The Morgan fingerprint density at radius 1 is 0.857 bits per heavy atom. The van der Waals surface area contributed by atoms with Gasteiger partial charge in [0, 0.05) is 28.6 Å². The van der Waals surface area contributed by atoms with Gasteiger partial charge in [-0.3, -0.25) is 0 Å². The van der Waals surface area contributed by atoms with Crippen LogP contribution in [-0.2, 0) is 0 Å². The molecule has 0 saturated heterocycles. The van der Waals surface area contributed by atoms with E-state index in [1.807, 2.05) is 0 Å². The van der Waals surface area contributed by atoms with Crippen LogP contribution in [0.2, 0.25) is 24.4 Å². The highest BCUT2D eigenvalue weighted by Crippen LogP contribution is 1.94. The maximum absolute atomic E-state index is 2.47. The van der Waals surface area contributed by atoms with E-state index in [-0.39, 0.29) is 0 Å². The Labute approximate surface area is 53.6 Å². The molecule has 0 nitrogen and oxygen atoms in total. The number of hydrogen-bond acceptors (Lipinski definition) is 0. The molecule has 0 aliphatic carbocycles. The Morgan fingerprint density at radius 3 is 1.14 bits per heavy atom. The van der Waals surface area contributed by atoms with E-state index in [1.165, 1.54) is 4.79 Å². The molecule has 0 N–H and O–H groups in total. The third-order valence-electron chi connectivity index (χ3n) is 1.73. The minimum Gasteiger partial charge on any atom is -0.0751 e. The summed E-state index contributed by atoms with van der Waals surface area (Å²) in [5.74, 6) is 0. The van der Waals surface area contributed by atoms with Crippen molar-refractivity contribution >= 4 is 28.6 Å². The molecule has 0 unspecified atom stereocenters. The summed E-state index contributed by atoms with van der Waals surface area (Å²) >= 11 is 0. The standard InChI is InChI=1S/C4H16Si3/c1-5-4(6-2)7-3/h4H,5-7H2,1-3H3. The summed E-state index contributed by atoms with van der Waals surface area (Å²) < 4.78 is 0. The first-order chi connectivity index (χ1) is 3.35. The van der Waals surface area contributed by atoms with E-state index in [9.17, 15) is 0 Å². The topological polar surface area (TPSA) is 0 Å². The maximum Gasteiger partial charge on any atom is 0.0134 e. The molecule has 0 aromatic heterocycles. The van der Waals surface area contributed by atoms with Gasteiger partial charge in [-0.2, -0.15) is 0 Å². The van der Waals surface area contributed by atoms with Gasteiger partial charge in [-0.25, -0.2) is 0 Å². The van der Waals surface area contributed by atoms with E-state index in [1.54, 1.807) is 0 Å². The largest absolute Gasteiger partial charge is 0.0751 e. The van der Waals surface area contributed by atoms with Gasteiger partial charge in [0.05, 0.1) is 0 Å². The number of hydrogen-bond donors (Lipinski definition) is 0. The zero-order valence-corrected chi connectivity index (χ0v) is 9.94. The third kappa shape index (κ3) is 3.25. The Hall–Kier alpha value is 0.651. The Bertz CT molecular complexity index is 28.4. The molecule has 0 radical (unpaired) electrons. The summed E-state index contributed by atoms with van der Waals surface area (Å²) in [6.07, 6.45) is 0. The average molecular weight is 148 g/mol. The zero-order valence-electron chi connectivity index (χ0n) is 5.70. The van der Waals surface area contributed by atoms with Gasteiger partial charge in [-0.05, 0) is 0 Å². The molecule has 0 rings (SSSR count). The van der Waals surface area contributed by atoms with Crippen molar-refractivity contribution < 1.29 is 0 Å². The third-order valence-corrected chi connectivity index (χ3v) is 15.6. The molecule has 0 amide bonds. The number of rotatable bonds is 3. The Kier molecular flexibility index (Phi) is 5.25. The van der Waals surface area contributed by atoms with Crippen LogP contribution in [0.3, 0.4) is 0 Å². The molecule has 7 heavy (non-hydrogen) atoms. The lowest BCUT2D eigenvalue weighted by atomic mass is 11.8. The van der Waals surface area contributed by atoms with Crippen molar-refractivity contribution in [1.82, 2.24) is 0 Å². The summed E-state index contributed by atoms with van der Waals surface area (Å²) in [6.45, 7) is 7.41. The van der Waals surface area contributed by atoms with E-state index in [4.69, 9.17) is 0 Å². The second-order valence-corrected chi connectivity index (χ2v) is 11.5. The van der Waals surface area contributed by atoms with Gasteiger partial charge in [-0.1, -0.05) is 24.4 Å². The van der Waals surface area contributed by atoms with Crippen LogP contribution in [-0.4, -0.2) is 28.6 Å². The lowest BCUT2D eigenvalue weighted by molar-refractivity contribution is 1.71. The van der Waals surface area contributed by atoms with Crippen LogP contribution in [0, 0.1) is 0 Å². The molecular weight excluding hydrogens is 132 g/mol. The molecule has 0 fully saturated rings. The summed E-state index contributed by atoms with van der Waals surface area (Å²) in [5, 5.41) is 0. The van der Waals surface area contributed by atoms with Gasteiger partial charge >= 0.3 is 0 Å². The molecule has 0 aromatic rings. The van der Waals surface area contributed by atoms with E-state index in [0.717, 1.165) is 0 Å². The fourth-order valence-corrected chi connectivity index (χ4v) is 7.79. The van der Waals surface area contributed by atoms with Crippen molar-refractivity contribution in [3.63, 3.8) is 0 Å². The van der Waals surface area contributed by atoms with Crippen molar-refractivity contribution in [2.75, 3.05) is 0 Å². The van der Waals surface area contributed by atoms with Crippen LogP contribution in [0.15, 0.2) is 0 Å². The first-order valence-corrected chi connectivity index (χ1v) is 10.0. The molecular formula is C4H16Si3. The Balaban J connectivity index is 2.99. The van der Waals surface area contributed by atoms with Gasteiger partial charge < -0.3 is 0 Å². The average Bonchev–Trinajstić information content (AvgIpc) is 1.72. The molecule has 0 aromatic carbocycles. The molecule has 0 saturated carbocycles. The van der Waals surface area contributed by atoms with E-state index < -0.39 is 0 Å². The zero-order chi connectivity index (χ0) is 5.70. The second-order valence-electron chi connectivity index (χ2n) is 2.09. The summed E-state index contributed by atoms with van der Waals surface area (Å²) in [5.41, 5.74) is 0. The highest BCUT2D eigenvalue weighted by atomic mass is 28.3. The lowest BCUT2D eigenvalue weighted by Crippen LogP contribution is -2.10. The maximum atomic E-state index is 2.47. The molecule has 3 heteroatoms. The summed E-state index contributed by atoms with van der Waals surface area (Å²) in [7, 11) is 1.35. The van der Waals surface area contributed by atoms with Gasteiger partial charge in [-0.15, -0.1) is 0 Å². The quantitative estimate of drug-likeness (QED) is 0.466. The van der Waals surface area contributed by atoms with Crippen LogP contribution in [0.5, 0.6) is 0 Å². The molecule has 0 atom stereocenters. The highest BCUT2D eigenvalue weighted by molar-refractivity contribution is 6.74. The predicted octanol–water partition coefficient (Wildman–Crippen LogP) is -0.659. The first kappa shape index (κ1) is 7.65. The van der Waals surface area contributed by atoms with Crippen LogP contribution >= 0.6 is 0 Å². The van der Waals surface area contributed by atoms with Crippen molar-refractivity contribution in [2.24, 2.45) is 0 Å². The minimum absolute atomic E-state index is 0.451. The van der Waals surface area contributed by atoms with Crippen LogP contribution < -0.4 is 0 Å². The molecule has 0 aliphatic heterocycles. The van der Waals surface area contributed by atoms with Gasteiger partial charge in [0.1, 0.15) is 0 Å². The Morgan fingerprint density at radius 2 is 1.14 bits per heavy atom. The van der Waals surface area contributed by atoms with E-state index in [0.29, 0.717) is 28.6 Å².